The first kappa shape index (κ1) is 14.7. The zero-order valence-corrected chi connectivity index (χ0v) is 12.3. The summed E-state index contributed by atoms with van der Waals surface area (Å²) in [5.41, 5.74) is 0.635. The molecule has 1 aromatic rings. The minimum atomic E-state index is -0.306. The predicted octanol–water partition coefficient (Wildman–Crippen LogP) is 1.32. The summed E-state index contributed by atoms with van der Waals surface area (Å²) in [6, 6.07) is 5.59. The van der Waals surface area contributed by atoms with Gasteiger partial charge >= 0.3 is 0 Å². The number of rotatable bonds is 5. The van der Waals surface area contributed by atoms with Crippen molar-refractivity contribution in [3.05, 3.63) is 23.8 Å². The van der Waals surface area contributed by atoms with Gasteiger partial charge in [-0.15, -0.1) is 0 Å². The minimum absolute atomic E-state index is 0.0837. The second-order valence-corrected chi connectivity index (χ2v) is 5.35. The van der Waals surface area contributed by atoms with Crippen molar-refractivity contribution in [2.24, 2.45) is 5.41 Å². The van der Waals surface area contributed by atoms with Gasteiger partial charge in [0, 0.05) is 24.7 Å². The third kappa shape index (κ3) is 3.04. The second kappa shape index (κ2) is 6.13. The fourth-order valence-electron chi connectivity index (χ4n) is 2.40. The van der Waals surface area contributed by atoms with Gasteiger partial charge in [0.1, 0.15) is 11.5 Å². The molecule has 1 atom stereocenters. The van der Waals surface area contributed by atoms with Crippen LogP contribution >= 0.6 is 0 Å². The van der Waals surface area contributed by atoms with Crippen molar-refractivity contribution >= 4 is 5.91 Å². The van der Waals surface area contributed by atoms with Crippen LogP contribution in [0.1, 0.15) is 18.9 Å². The summed E-state index contributed by atoms with van der Waals surface area (Å²) in [4.78, 5) is 12.2. The van der Waals surface area contributed by atoms with E-state index in [0.29, 0.717) is 6.54 Å². The topological polar surface area (TPSA) is 59.6 Å². The molecular weight excluding hydrogens is 256 g/mol. The lowest BCUT2D eigenvalue weighted by Crippen LogP contribution is -2.40. The molecule has 1 heterocycles. The van der Waals surface area contributed by atoms with Gasteiger partial charge in [-0.3, -0.25) is 4.79 Å². The summed E-state index contributed by atoms with van der Waals surface area (Å²) >= 11 is 0. The molecule has 1 amide bonds. The Balaban J connectivity index is 2.01. The predicted molar refractivity (Wildman–Crippen MR) is 77.0 cm³/mol. The van der Waals surface area contributed by atoms with Crippen LogP contribution in [0.5, 0.6) is 11.5 Å². The van der Waals surface area contributed by atoms with Crippen LogP contribution in [-0.4, -0.2) is 33.2 Å². The molecule has 5 heteroatoms. The quantitative estimate of drug-likeness (QED) is 0.853. The second-order valence-electron chi connectivity index (χ2n) is 5.35. The summed E-state index contributed by atoms with van der Waals surface area (Å²) in [6.07, 6.45) is 0.874. The summed E-state index contributed by atoms with van der Waals surface area (Å²) in [6.45, 7) is 4.09. The zero-order chi connectivity index (χ0) is 14.6. The number of hydrogen-bond donors (Lipinski definition) is 2. The summed E-state index contributed by atoms with van der Waals surface area (Å²) in [5, 5.41) is 6.22. The van der Waals surface area contributed by atoms with E-state index in [0.717, 1.165) is 36.6 Å². The van der Waals surface area contributed by atoms with Gasteiger partial charge in [0.05, 0.1) is 19.6 Å². The highest BCUT2D eigenvalue weighted by Crippen LogP contribution is 2.27. The molecule has 2 N–H and O–H groups in total. The molecule has 1 aromatic carbocycles. The SMILES string of the molecule is COc1ccc(CNC(=O)C2(C)CCNC2)c(OC)c1. The van der Waals surface area contributed by atoms with Gasteiger partial charge in [0.15, 0.2) is 0 Å². The largest absolute Gasteiger partial charge is 0.497 e. The monoisotopic (exact) mass is 278 g/mol. The van der Waals surface area contributed by atoms with E-state index in [4.69, 9.17) is 9.47 Å². The van der Waals surface area contributed by atoms with E-state index < -0.39 is 0 Å². The Morgan fingerprint density at radius 1 is 1.40 bits per heavy atom. The first-order valence-electron chi connectivity index (χ1n) is 6.79. The number of hydrogen-bond acceptors (Lipinski definition) is 4. The highest BCUT2D eigenvalue weighted by atomic mass is 16.5. The molecule has 0 aliphatic carbocycles. The number of ether oxygens (including phenoxy) is 2. The summed E-state index contributed by atoms with van der Waals surface area (Å²) < 4.78 is 10.5. The fourth-order valence-corrected chi connectivity index (χ4v) is 2.40. The molecule has 0 bridgehead atoms. The van der Waals surface area contributed by atoms with Crippen LogP contribution in [0.15, 0.2) is 18.2 Å². The molecule has 0 aromatic heterocycles. The molecule has 2 rings (SSSR count). The Bertz CT molecular complexity index is 482. The lowest BCUT2D eigenvalue weighted by atomic mass is 9.89. The standard InChI is InChI=1S/C15H22N2O3/c1-15(6-7-16-10-15)14(18)17-9-11-4-5-12(19-2)8-13(11)20-3/h4-5,8,16H,6-7,9-10H2,1-3H3,(H,17,18). The van der Waals surface area contributed by atoms with Gasteiger partial charge in [0.25, 0.3) is 0 Å². The van der Waals surface area contributed by atoms with E-state index in [9.17, 15) is 4.79 Å². The zero-order valence-electron chi connectivity index (χ0n) is 12.3. The van der Waals surface area contributed by atoms with Gasteiger partial charge in [-0.05, 0) is 32.0 Å². The Hall–Kier alpha value is -1.75. The molecule has 1 saturated heterocycles. The third-order valence-corrected chi connectivity index (χ3v) is 3.85. The van der Waals surface area contributed by atoms with E-state index in [1.165, 1.54) is 0 Å². The van der Waals surface area contributed by atoms with Gasteiger partial charge in [-0.2, -0.15) is 0 Å². The van der Waals surface area contributed by atoms with E-state index in [1.807, 2.05) is 25.1 Å². The first-order valence-corrected chi connectivity index (χ1v) is 6.79. The van der Waals surface area contributed by atoms with Crippen molar-refractivity contribution in [2.45, 2.75) is 19.9 Å². The van der Waals surface area contributed by atoms with E-state index >= 15 is 0 Å². The Kier molecular flexibility index (Phi) is 4.49. The Labute approximate surface area is 119 Å². The van der Waals surface area contributed by atoms with Crippen LogP contribution in [0.3, 0.4) is 0 Å². The van der Waals surface area contributed by atoms with Crippen molar-refractivity contribution in [1.82, 2.24) is 10.6 Å². The average Bonchev–Trinajstić information content (AvgIpc) is 2.92. The van der Waals surface area contributed by atoms with E-state index in [1.54, 1.807) is 14.2 Å². The third-order valence-electron chi connectivity index (χ3n) is 3.85. The number of nitrogens with one attached hydrogen (secondary N) is 2. The van der Waals surface area contributed by atoms with E-state index in [2.05, 4.69) is 10.6 Å². The van der Waals surface area contributed by atoms with Crippen LogP contribution in [0.25, 0.3) is 0 Å². The number of carbonyl (C=O) groups is 1. The van der Waals surface area contributed by atoms with Gasteiger partial charge in [0.2, 0.25) is 5.91 Å². The molecule has 1 aliphatic heterocycles. The summed E-state index contributed by atoms with van der Waals surface area (Å²) in [5.74, 6) is 1.55. The van der Waals surface area contributed by atoms with Crippen molar-refractivity contribution < 1.29 is 14.3 Å². The van der Waals surface area contributed by atoms with E-state index in [-0.39, 0.29) is 11.3 Å². The Morgan fingerprint density at radius 3 is 2.80 bits per heavy atom. The van der Waals surface area contributed by atoms with Crippen LogP contribution in [0.2, 0.25) is 0 Å². The van der Waals surface area contributed by atoms with Crippen molar-refractivity contribution in [3.8, 4) is 11.5 Å². The normalized spacial score (nSPS) is 21.6. The number of amides is 1. The molecule has 0 radical (unpaired) electrons. The molecule has 1 fully saturated rings. The summed E-state index contributed by atoms with van der Waals surface area (Å²) in [7, 11) is 3.23. The first-order chi connectivity index (χ1) is 9.59. The molecule has 20 heavy (non-hydrogen) atoms. The van der Waals surface area contributed by atoms with Crippen LogP contribution < -0.4 is 20.1 Å². The molecule has 0 saturated carbocycles. The van der Waals surface area contributed by atoms with Gasteiger partial charge in [-0.25, -0.2) is 0 Å². The van der Waals surface area contributed by atoms with Crippen molar-refractivity contribution in [3.63, 3.8) is 0 Å². The minimum Gasteiger partial charge on any atom is -0.497 e. The molecule has 1 aliphatic rings. The molecular formula is C15H22N2O3. The Morgan fingerprint density at radius 2 is 2.20 bits per heavy atom. The highest BCUT2D eigenvalue weighted by molar-refractivity contribution is 5.82. The van der Waals surface area contributed by atoms with Gasteiger partial charge < -0.3 is 20.1 Å². The maximum Gasteiger partial charge on any atom is 0.227 e. The lowest BCUT2D eigenvalue weighted by Gasteiger charge is -2.22. The van der Waals surface area contributed by atoms with Crippen molar-refractivity contribution in [1.29, 1.82) is 0 Å². The van der Waals surface area contributed by atoms with Gasteiger partial charge in [-0.1, -0.05) is 0 Å². The maximum absolute atomic E-state index is 12.2. The molecule has 0 spiro atoms. The van der Waals surface area contributed by atoms with Crippen LogP contribution in [-0.2, 0) is 11.3 Å². The molecule has 110 valence electrons. The number of carbonyl (C=O) groups excluding carboxylic acids is 1. The van der Waals surface area contributed by atoms with Crippen molar-refractivity contribution in [2.75, 3.05) is 27.3 Å². The average molecular weight is 278 g/mol. The maximum atomic E-state index is 12.2. The lowest BCUT2D eigenvalue weighted by molar-refractivity contribution is -0.129. The smallest absolute Gasteiger partial charge is 0.227 e. The molecule has 1 unspecified atom stereocenters. The highest BCUT2D eigenvalue weighted by Gasteiger charge is 2.35. The van der Waals surface area contributed by atoms with Crippen LogP contribution in [0, 0.1) is 5.41 Å². The molecule has 5 nitrogen and oxygen atoms in total. The fraction of sp³-hybridized carbons (Fsp3) is 0.533. The van der Waals surface area contributed by atoms with Crippen LogP contribution in [0.4, 0.5) is 0 Å². The number of benzene rings is 1. The number of methoxy groups -OCH3 is 2.